The van der Waals surface area contributed by atoms with Gasteiger partial charge in [-0.15, -0.1) is 0 Å². The molecule has 0 fully saturated rings. The summed E-state index contributed by atoms with van der Waals surface area (Å²) in [5.41, 5.74) is 1.81. The fourth-order valence-electron chi connectivity index (χ4n) is 2.11. The van der Waals surface area contributed by atoms with Gasteiger partial charge in [0.25, 0.3) is 0 Å². The first kappa shape index (κ1) is 17.0. The molecule has 2 aromatic carbocycles. The first-order chi connectivity index (χ1) is 10.8. The number of aryl methyl sites for hydroxylation is 1. The van der Waals surface area contributed by atoms with Gasteiger partial charge in [-0.3, -0.25) is 0 Å². The lowest BCUT2D eigenvalue weighted by molar-refractivity contribution is 0.0729. The van der Waals surface area contributed by atoms with Crippen molar-refractivity contribution in [3.63, 3.8) is 0 Å². The predicted molar refractivity (Wildman–Crippen MR) is 87.7 cm³/mol. The van der Waals surface area contributed by atoms with Crippen LogP contribution in [0.3, 0.4) is 0 Å². The molecule has 0 atom stereocenters. The summed E-state index contributed by atoms with van der Waals surface area (Å²) in [5.74, 6) is 0.0897. The fourth-order valence-corrected chi connectivity index (χ4v) is 2.89. The summed E-state index contributed by atoms with van der Waals surface area (Å²) in [5, 5.41) is 0. The number of ether oxygens (including phenoxy) is 2. The number of rotatable bonds is 5. The van der Waals surface area contributed by atoms with Crippen molar-refractivity contribution in [1.82, 2.24) is 0 Å². The van der Waals surface area contributed by atoms with E-state index in [2.05, 4.69) is 0 Å². The number of sulfone groups is 1. The highest BCUT2D eigenvalue weighted by molar-refractivity contribution is 7.89. The van der Waals surface area contributed by atoms with Crippen molar-refractivity contribution in [1.29, 1.82) is 0 Å². The van der Waals surface area contributed by atoms with Crippen LogP contribution in [0.25, 0.3) is 0 Å². The number of hydrogen-bond acceptors (Lipinski definition) is 5. The normalized spacial score (nSPS) is 11.1. The lowest BCUT2D eigenvalue weighted by Gasteiger charge is -2.10. The Kier molecular flexibility index (Phi) is 5.05. The predicted octanol–water partition coefficient (Wildman–Crippen LogP) is 2.77. The molecule has 0 amide bonds. The third kappa shape index (κ3) is 4.82. The third-order valence-electron chi connectivity index (χ3n) is 3.11. The average molecular weight is 334 g/mol. The minimum Gasteiger partial charge on any atom is -0.493 e. The van der Waals surface area contributed by atoms with Crippen LogP contribution in [0.2, 0.25) is 0 Å². The molecule has 0 spiro atoms. The van der Waals surface area contributed by atoms with Crippen molar-refractivity contribution in [2.75, 3.05) is 13.4 Å². The van der Waals surface area contributed by atoms with Crippen LogP contribution in [0, 0.1) is 6.92 Å². The molecular weight excluding hydrogens is 316 g/mol. The molecule has 0 bridgehead atoms. The second-order valence-electron chi connectivity index (χ2n) is 5.31. The quantitative estimate of drug-likeness (QED) is 0.621. The standard InChI is InChI=1S/C17H18O5S/c1-12-7-8-15(16(9-12)21-2)22-17(18)14-6-4-5-13(10-14)11-23(3,19)20/h4-10H,11H2,1-3H3. The highest BCUT2D eigenvalue weighted by Gasteiger charge is 2.14. The molecule has 0 aliphatic carbocycles. The van der Waals surface area contributed by atoms with Gasteiger partial charge in [0.2, 0.25) is 0 Å². The number of benzene rings is 2. The highest BCUT2D eigenvalue weighted by Crippen LogP contribution is 2.28. The molecule has 0 aromatic heterocycles. The first-order valence-electron chi connectivity index (χ1n) is 6.92. The Morgan fingerprint density at radius 1 is 1.09 bits per heavy atom. The van der Waals surface area contributed by atoms with Crippen molar-refractivity contribution in [3.05, 3.63) is 59.2 Å². The minimum absolute atomic E-state index is 0.123. The first-order valence-corrected chi connectivity index (χ1v) is 8.98. The zero-order chi connectivity index (χ0) is 17.0. The van der Waals surface area contributed by atoms with Crippen molar-refractivity contribution in [2.45, 2.75) is 12.7 Å². The Bertz CT molecular complexity index is 825. The Hall–Kier alpha value is -2.34. The Morgan fingerprint density at radius 3 is 2.48 bits per heavy atom. The van der Waals surface area contributed by atoms with E-state index < -0.39 is 15.8 Å². The number of esters is 1. The molecule has 0 heterocycles. The van der Waals surface area contributed by atoms with E-state index in [-0.39, 0.29) is 11.3 Å². The molecule has 0 saturated heterocycles. The maximum absolute atomic E-state index is 12.3. The van der Waals surface area contributed by atoms with E-state index in [1.807, 2.05) is 13.0 Å². The monoisotopic (exact) mass is 334 g/mol. The van der Waals surface area contributed by atoms with Crippen LogP contribution in [-0.2, 0) is 15.6 Å². The minimum atomic E-state index is -3.17. The van der Waals surface area contributed by atoms with Crippen LogP contribution < -0.4 is 9.47 Å². The third-order valence-corrected chi connectivity index (χ3v) is 3.97. The largest absolute Gasteiger partial charge is 0.493 e. The molecule has 0 saturated carbocycles. The summed E-state index contributed by atoms with van der Waals surface area (Å²) in [6.45, 7) is 1.91. The molecule has 23 heavy (non-hydrogen) atoms. The molecule has 2 rings (SSSR count). The van der Waals surface area contributed by atoms with E-state index in [0.717, 1.165) is 11.8 Å². The SMILES string of the molecule is COc1cc(C)ccc1OC(=O)c1cccc(CS(C)(=O)=O)c1. The van der Waals surface area contributed by atoms with Gasteiger partial charge in [-0.2, -0.15) is 0 Å². The van der Waals surface area contributed by atoms with E-state index in [1.165, 1.54) is 13.2 Å². The summed E-state index contributed by atoms with van der Waals surface area (Å²) in [6.07, 6.45) is 1.15. The summed E-state index contributed by atoms with van der Waals surface area (Å²) >= 11 is 0. The van der Waals surface area contributed by atoms with Gasteiger partial charge in [0.15, 0.2) is 21.3 Å². The van der Waals surface area contributed by atoms with E-state index in [4.69, 9.17) is 9.47 Å². The zero-order valence-electron chi connectivity index (χ0n) is 13.2. The molecule has 5 nitrogen and oxygen atoms in total. The van der Waals surface area contributed by atoms with Gasteiger partial charge in [-0.1, -0.05) is 18.2 Å². The average Bonchev–Trinajstić information content (AvgIpc) is 2.47. The second kappa shape index (κ2) is 6.83. The lowest BCUT2D eigenvalue weighted by atomic mass is 10.1. The van der Waals surface area contributed by atoms with Crippen LogP contribution in [0.15, 0.2) is 42.5 Å². The summed E-state index contributed by atoms with van der Waals surface area (Å²) in [6, 6.07) is 11.6. The van der Waals surface area contributed by atoms with Crippen molar-refractivity contribution < 1.29 is 22.7 Å². The van der Waals surface area contributed by atoms with E-state index in [9.17, 15) is 13.2 Å². The molecule has 0 aliphatic heterocycles. The van der Waals surface area contributed by atoms with Gasteiger partial charge < -0.3 is 9.47 Å². The van der Waals surface area contributed by atoms with E-state index >= 15 is 0 Å². The Balaban J connectivity index is 2.23. The maximum Gasteiger partial charge on any atom is 0.343 e. The van der Waals surface area contributed by atoms with Gasteiger partial charge in [-0.05, 0) is 42.3 Å². The zero-order valence-corrected chi connectivity index (χ0v) is 14.0. The van der Waals surface area contributed by atoms with Crippen LogP contribution in [0.5, 0.6) is 11.5 Å². The summed E-state index contributed by atoms with van der Waals surface area (Å²) in [7, 11) is -1.67. The molecule has 6 heteroatoms. The molecule has 0 unspecified atom stereocenters. The van der Waals surface area contributed by atoms with Gasteiger partial charge in [0.1, 0.15) is 0 Å². The number of carbonyl (C=O) groups excluding carboxylic acids is 1. The smallest absolute Gasteiger partial charge is 0.343 e. The van der Waals surface area contributed by atoms with Crippen molar-refractivity contribution in [2.24, 2.45) is 0 Å². The molecule has 2 aromatic rings. The van der Waals surface area contributed by atoms with Gasteiger partial charge in [0.05, 0.1) is 18.4 Å². The molecular formula is C17H18O5S. The van der Waals surface area contributed by atoms with Gasteiger partial charge >= 0.3 is 5.97 Å². The van der Waals surface area contributed by atoms with Crippen molar-refractivity contribution >= 4 is 15.8 Å². The number of carbonyl (C=O) groups is 1. The van der Waals surface area contributed by atoms with Gasteiger partial charge in [-0.25, -0.2) is 13.2 Å². The highest BCUT2D eigenvalue weighted by atomic mass is 32.2. The molecule has 0 aliphatic rings. The van der Waals surface area contributed by atoms with Crippen LogP contribution in [0.4, 0.5) is 0 Å². The summed E-state index contributed by atoms with van der Waals surface area (Å²) < 4.78 is 33.3. The molecule has 122 valence electrons. The topological polar surface area (TPSA) is 69.7 Å². The Labute approximate surface area is 135 Å². The molecule has 0 N–H and O–H groups in total. The van der Waals surface area contributed by atoms with Crippen LogP contribution >= 0.6 is 0 Å². The van der Waals surface area contributed by atoms with E-state index in [0.29, 0.717) is 17.1 Å². The fraction of sp³-hybridized carbons (Fsp3) is 0.235. The second-order valence-corrected chi connectivity index (χ2v) is 7.45. The van der Waals surface area contributed by atoms with Crippen molar-refractivity contribution in [3.8, 4) is 11.5 Å². The summed E-state index contributed by atoms with van der Waals surface area (Å²) in [4.78, 5) is 12.3. The lowest BCUT2D eigenvalue weighted by Crippen LogP contribution is -2.10. The number of methoxy groups -OCH3 is 1. The van der Waals surface area contributed by atoms with Crippen LogP contribution in [0.1, 0.15) is 21.5 Å². The number of hydrogen-bond donors (Lipinski definition) is 0. The van der Waals surface area contributed by atoms with Gasteiger partial charge in [0, 0.05) is 6.26 Å². The molecule has 0 radical (unpaired) electrons. The Morgan fingerprint density at radius 2 is 1.83 bits per heavy atom. The van der Waals surface area contributed by atoms with E-state index in [1.54, 1.807) is 30.3 Å². The maximum atomic E-state index is 12.3. The van der Waals surface area contributed by atoms with Crippen LogP contribution in [-0.4, -0.2) is 27.8 Å².